The fourth-order valence-electron chi connectivity index (χ4n) is 1.54. The van der Waals surface area contributed by atoms with Gasteiger partial charge in [0, 0.05) is 5.75 Å². The summed E-state index contributed by atoms with van der Waals surface area (Å²) in [5.41, 5.74) is 7.41. The van der Waals surface area contributed by atoms with Crippen molar-refractivity contribution < 1.29 is 9.94 Å². The van der Waals surface area contributed by atoms with Crippen LogP contribution >= 0.6 is 11.8 Å². The number of benzene rings is 1. The molecule has 0 atom stereocenters. The fraction of sp³-hybridized carbons (Fsp3) is 0.462. The molecule has 1 aromatic carbocycles. The van der Waals surface area contributed by atoms with Crippen molar-refractivity contribution in [3.8, 4) is 5.75 Å². The third-order valence-corrected chi connectivity index (χ3v) is 3.67. The Bertz CT molecular complexity index is 408. The Hall–Kier alpha value is -1.36. The summed E-state index contributed by atoms with van der Waals surface area (Å²) < 4.78 is 5.19. The minimum absolute atomic E-state index is 0.0762. The average Bonchev–Trinajstić information content (AvgIpc) is 2.42. The van der Waals surface area contributed by atoms with Crippen LogP contribution in [0.25, 0.3) is 0 Å². The number of hydrogen-bond acceptors (Lipinski definition) is 4. The van der Waals surface area contributed by atoms with E-state index in [1.807, 2.05) is 30.0 Å². The highest BCUT2D eigenvalue weighted by molar-refractivity contribution is 7.98. The topological polar surface area (TPSA) is 67.8 Å². The van der Waals surface area contributed by atoms with Crippen molar-refractivity contribution in [2.24, 2.45) is 10.9 Å². The van der Waals surface area contributed by atoms with E-state index in [9.17, 15) is 0 Å². The minimum atomic E-state index is 0.0762. The third-order valence-electron chi connectivity index (χ3n) is 2.56. The van der Waals surface area contributed by atoms with Crippen LogP contribution < -0.4 is 10.5 Å². The first-order valence-electron chi connectivity index (χ1n) is 5.95. The molecule has 0 fully saturated rings. The van der Waals surface area contributed by atoms with Gasteiger partial charge < -0.3 is 15.7 Å². The van der Waals surface area contributed by atoms with Crippen LogP contribution in [0.2, 0.25) is 0 Å². The summed E-state index contributed by atoms with van der Waals surface area (Å²) in [6, 6.07) is 5.77. The van der Waals surface area contributed by atoms with Crippen LogP contribution in [0.15, 0.2) is 23.4 Å². The van der Waals surface area contributed by atoms with Gasteiger partial charge in [0.15, 0.2) is 5.84 Å². The number of hydrogen-bond donors (Lipinski definition) is 2. The second-order valence-electron chi connectivity index (χ2n) is 3.93. The zero-order chi connectivity index (χ0) is 13.4. The van der Waals surface area contributed by atoms with E-state index in [0.29, 0.717) is 11.3 Å². The molecule has 0 saturated carbocycles. The molecular weight excluding hydrogens is 248 g/mol. The highest BCUT2D eigenvalue weighted by atomic mass is 32.2. The number of ether oxygens (including phenoxy) is 1. The van der Waals surface area contributed by atoms with Gasteiger partial charge in [-0.1, -0.05) is 24.6 Å². The first-order valence-corrected chi connectivity index (χ1v) is 7.11. The molecule has 0 saturated heterocycles. The van der Waals surface area contributed by atoms with Gasteiger partial charge in [-0.2, -0.15) is 11.8 Å². The number of thioether (sulfide) groups is 1. The molecule has 0 radical (unpaired) electrons. The molecule has 4 nitrogen and oxygen atoms in total. The van der Waals surface area contributed by atoms with Gasteiger partial charge in [-0.3, -0.25) is 0 Å². The smallest absolute Gasteiger partial charge is 0.173 e. The molecule has 0 spiro atoms. The van der Waals surface area contributed by atoms with E-state index in [0.717, 1.165) is 17.1 Å². The van der Waals surface area contributed by atoms with Gasteiger partial charge >= 0.3 is 0 Å². The van der Waals surface area contributed by atoms with Crippen LogP contribution in [0.3, 0.4) is 0 Å². The zero-order valence-corrected chi connectivity index (χ0v) is 11.7. The van der Waals surface area contributed by atoms with E-state index in [1.165, 1.54) is 12.8 Å². The number of oxime groups is 1. The molecule has 0 aliphatic rings. The molecule has 0 unspecified atom stereocenters. The highest BCUT2D eigenvalue weighted by Crippen LogP contribution is 2.22. The number of nitrogens with two attached hydrogens (primary N) is 1. The van der Waals surface area contributed by atoms with E-state index in [2.05, 4.69) is 12.1 Å². The zero-order valence-electron chi connectivity index (χ0n) is 10.8. The van der Waals surface area contributed by atoms with E-state index in [-0.39, 0.29) is 5.84 Å². The maximum Gasteiger partial charge on any atom is 0.173 e. The van der Waals surface area contributed by atoms with Gasteiger partial charge in [-0.25, -0.2) is 0 Å². The lowest BCUT2D eigenvalue weighted by Crippen LogP contribution is -2.14. The lowest BCUT2D eigenvalue weighted by atomic mass is 10.1. The molecule has 0 aromatic heterocycles. The van der Waals surface area contributed by atoms with Crippen LogP contribution in [0, 0.1) is 0 Å². The second kappa shape index (κ2) is 7.87. The molecular formula is C13H20N2O2S. The molecule has 3 N–H and O–H groups in total. The van der Waals surface area contributed by atoms with Gasteiger partial charge in [0.05, 0.1) is 12.7 Å². The van der Waals surface area contributed by atoms with Crippen molar-refractivity contribution in [2.75, 3.05) is 12.9 Å². The maximum atomic E-state index is 8.75. The molecule has 1 aromatic rings. The van der Waals surface area contributed by atoms with Gasteiger partial charge in [-0.05, 0) is 29.9 Å². The summed E-state index contributed by atoms with van der Waals surface area (Å²) in [4.78, 5) is 0. The SMILES string of the molecule is CCCCSCc1ccc(OC)c(C(N)=NO)c1. The van der Waals surface area contributed by atoms with Crippen molar-refractivity contribution >= 4 is 17.6 Å². The van der Waals surface area contributed by atoms with E-state index < -0.39 is 0 Å². The van der Waals surface area contributed by atoms with E-state index in [1.54, 1.807) is 7.11 Å². The Balaban J connectivity index is 2.76. The van der Waals surface area contributed by atoms with Crippen molar-refractivity contribution in [2.45, 2.75) is 25.5 Å². The minimum Gasteiger partial charge on any atom is -0.496 e. The van der Waals surface area contributed by atoms with E-state index >= 15 is 0 Å². The molecule has 0 aliphatic heterocycles. The van der Waals surface area contributed by atoms with Crippen molar-refractivity contribution in [1.82, 2.24) is 0 Å². The number of nitrogens with zero attached hydrogens (tertiary/aromatic N) is 1. The first-order chi connectivity index (χ1) is 8.72. The largest absolute Gasteiger partial charge is 0.496 e. The number of unbranched alkanes of at least 4 members (excludes halogenated alkanes) is 1. The predicted molar refractivity (Wildman–Crippen MR) is 76.6 cm³/mol. The van der Waals surface area contributed by atoms with E-state index in [4.69, 9.17) is 15.7 Å². The molecule has 0 amide bonds. The number of rotatable bonds is 7. The molecule has 0 heterocycles. The summed E-state index contributed by atoms with van der Waals surface area (Å²) >= 11 is 1.89. The van der Waals surface area contributed by atoms with Crippen molar-refractivity contribution in [3.63, 3.8) is 0 Å². The average molecular weight is 268 g/mol. The Labute approximate surface area is 112 Å². The summed E-state index contributed by atoms with van der Waals surface area (Å²) in [6.07, 6.45) is 2.44. The molecule has 0 aliphatic carbocycles. The lowest BCUT2D eigenvalue weighted by molar-refractivity contribution is 0.318. The summed E-state index contributed by atoms with van der Waals surface area (Å²) in [7, 11) is 1.57. The molecule has 1 rings (SSSR count). The molecule has 5 heteroatoms. The van der Waals surface area contributed by atoms with Crippen LogP contribution in [-0.4, -0.2) is 23.9 Å². The number of amidine groups is 1. The van der Waals surface area contributed by atoms with Crippen LogP contribution in [0.5, 0.6) is 5.75 Å². The Kier molecular flexibility index (Phi) is 6.43. The molecule has 100 valence electrons. The Morgan fingerprint density at radius 1 is 1.50 bits per heavy atom. The fourth-order valence-corrected chi connectivity index (χ4v) is 2.59. The third kappa shape index (κ3) is 4.14. The van der Waals surface area contributed by atoms with Gasteiger partial charge in [0.2, 0.25) is 0 Å². The second-order valence-corrected chi connectivity index (χ2v) is 5.03. The Morgan fingerprint density at radius 2 is 2.28 bits per heavy atom. The van der Waals surface area contributed by atoms with Gasteiger partial charge in [-0.15, -0.1) is 0 Å². The first kappa shape index (κ1) is 14.7. The van der Waals surface area contributed by atoms with Gasteiger partial charge in [0.25, 0.3) is 0 Å². The molecule has 18 heavy (non-hydrogen) atoms. The van der Waals surface area contributed by atoms with Crippen LogP contribution in [0.1, 0.15) is 30.9 Å². The highest BCUT2D eigenvalue weighted by Gasteiger charge is 2.08. The summed E-state index contributed by atoms with van der Waals surface area (Å²) in [6.45, 7) is 2.18. The summed E-state index contributed by atoms with van der Waals surface area (Å²) in [5.74, 6) is 2.77. The quantitative estimate of drug-likeness (QED) is 0.262. The van der Waals surface area contributed by atoms with Crippen molar-refractivity contribution in [3.05, 3.63) is 29.3 Å². The van der Waals surface area contributed by atoms with Crippen LogP contribution in [-0.2, 0) is 5.75 Å². The normalized spacial score (nSPS) is 11.6. The van der Waals surface area contributed by atoms with Gasteiger partial charge in [0.1, 0.15) is 5.75 Å². The maximum absolute atomic E-state index is 8.75. The lowest BCUT2D eigenvalue weighted by Gasteiger charge is -2.09. The standard InChI is InChI=1S/C13H20N2O2S/c1-3-4-7-18-9-10-5-6-12(17-2)11(8-10)13(14)15-16/h5-6,8,16H,3-4,7,9H2,1-2H3,(H2,14,15). The Morgan fingerprint density at radius 3 is 2.89 bits per heavy atom. The molecule has 0 bridgehead atoms. The monoisotopic (exact) mass is 268 g/mol. The van der Waals surface area contributed by atoms with Crippen LogP contribution in [0.4, 0.5) is 0 Å². The summed E-state index contributed by atoms with van der Waals surface area (Å²) in [5, 5.41) is 11.8. The van der Waals surface area contributed by atoms with Crippen molar-refractivity contribution in [1.29, 1.82) is 0 Å². The predicted octanol–water partition coefficient (Wildman–Crippen LogP) is 2.82. The number of methoxy groups -OCH3 is 1.